The molecule has 0 bridgehead atoms. The Balaban J connectivity index is 2.08. The fourth-order valence-electron chi connectivity index (χ4n) is 2.69. The van der Waals surface area contributed by atoms with Crippen molar-refractivity contribution in [1.82, 2.24) is 19.7 Å². The van der Waals surface area contributed by atoms with Gasteiger partial charge in [-0.15, -0.1) is 0 Å². The normalized spacial score (nSPS) is 17.3. The summed E-state index contributed by atoms with van der Waals surface area (Å²) in [5, 5.41) is 14.1. The van der Waals surface area contributed by atoms with E-state index in [0.717, 1.165) is 55.0 Å². The summed E-state index contributed by atoms with van der Waals surface area (Å²) in [6.45, 7) is 6.53. The van der Waals surface area contributed by atoms with Crippen LogP contribution in [-0.4, -0.2) is 44.0 Å². The number of fused-ring (bicyclic) bond motifs is 1. The van der Waals surface area contributed by atoms with Gasteiger partial charge in [-0.3, -0.25) is 4.68 Å². The van der Waals surface area contributed by atoms with E-state index in [1.54, 1.807) is 6.33 Å². The van der Waals surface area contributed by atoms with Crippen LogP contribution in [0, 0.1) is 6.92 Å². The summed E-state index contributed by atoms with van der Waals surface area (Å²) in [7, 11) is 0. The van der Waals surface area contributed by atoms with E-state index in [4.69, 9.17) is 0 Å². The van der Waals surface area contributed by atoms with Gasteiger partial charge in [0.25, 0.3) is 0 Å². The quantitative estimate of drug-likeness (QED) is 0.877. The molecular weight excluding hydrogens is 242 g/mol. The second kappa shape index (κ2) is 4.77. The summed E-state index contributed by atoms with van der Waals surface area (Å²) in [6.07, 6.45) is 3.03. The second-order valence-corrected chi connectivity index (χ2v) is 5.01. The van der Waals surface area contributed by atoms with Gasteiger partial charge in [-0.1, -0.05) is 0 Å². The number of piperidine rings is 1. The molecule has 1 aliphatic rings. The molecule has 1 fully saturated rings. The molecule has 0 saturated carbocycles. The second-order valence-electron chi connectivity index (χ2n) is 5.01. The van der Waals surface area contributed by atoms with Crippen LogP contribution in [-0.2, 0) is 6.54 Å². The van der Waals surface area contributed by atoms with Gasteiger partial charge in [-0.05, 0) is 26.7 Å². The maximum atomic E-state index is 9.62. The van der Waals surface area contributed by atoms with Crippen molar-refractivity contribution in [2.45, 2.75) is 39.3 Å². The number of aryl methyl sites for hydroxylation is 2. The van der Waals surface area contributed by atoms with Gasteiger partial charge >= 0.3 is 0 Å². The topological polar surface area (TPSA) is 67.1 Å². The van der Waals surface area contributed by atoms with Crippen molar-refractivity contribution in [2.24, 2.45) is 0 Å². The first kappa shape index (κ1) is 12.3. The maximum Gasteiger partial charge on any atom is 0.158 e. The lowest BCUT2D eigenvalue weighted by atomic mass is 10.1. The van der Waals surface area contributed by atoms with Crippen molar-refractivity contribution in [3.8, 4) is 0 Å². The average molecular weight is 261 g/mol. The lowest BCUT2D eigenvalue weighted by molar-refractivity contribution is 0.145. The fraction of sp³-hybridized carbons (Fsp3) is 0.615. The number of hydrogen-bond acceptors (Lipinski definition) is 5. The van der Waals surface area contributed by atoms with Crippen LogP contribution in [0.2, 0.25) is 0 Å². The van der Waals surface area contributed by atoms with Crippen LogP contribution in [0.15, 0.2) is 6.33 Å². The zero-order valence-electron chi connectivity index (χ0n) is 11.4. The van der Waals surface area contributed by atoms with E-state index in [1.165, 1.54) is 0 Å². The van der Waals surface area contributed by atoms with Crippen molar-refractivity contribution in [2.75, 3.05) is 18.0 Å². The molecule has 1 saturated heterocycles. The molecule has 6 heteroatoms. The van der Waals surface area contributed by atoms with Gasteiger partial charge < -0.3 is 10.0 Å². The zero-order chi connectivity index (χ0) is 13.4. The van der Waals surface area contributed by atoms with Gasteiger partial charge in [0.2, 0.25) is 0 Å². The van der Waals surface area contributed by atoms with Gasteiger partial charge in [0.15, 0.2) is 5.82 Å². The summed E-state index contributed by atoms with van der Waals surface area (Å²) >= 11 is 0. The first-order valence-corrected chi connectivity index (χ1v) is 6.81. The molecule has 0 amide bonds. The third-order valence-corrected chi connectivity index (χ3v) is 3.74. The monoisotopic (exact) mass is 261 g/mol. The number of nitrogens with zero attached hydrogens (tertiary/aromatic N) is 5. The Morgan fingerprint density at radius 1 is 1.32 bits per heavy atom. The summed E-state index contributed by atoms with van der Waals surface area (Å²) < 4.78 is 1.96. The average Bonchev–Trinajstić information content (AvgIpc) is 2.77. The number of rotatable bonds is 2. The van der Waals surface area contributed by atoms with Crippen LogP contribution < -0.4 is 4.90 Å². The molecule has 6 nitrogen and oxygen atoms in total. The van der Waals surface area contributed by atoms with E-state index < -0.39 is 0 Å². The van der Waals surface area contributed by atoms with Crippen LogP contribution in [0.5, 0.6) is 0 Å². The number of aliphatic hydroxyl groups is 1. The minimum Gasteiger partial charge on any atom is -0.393 e. The Kier molecular flexibility index (Phi) is 3.10. The Bertz CT molecular complexity index is 586. The zero-order valence-corrected chi connectivity index (χ0v) is 11.4. The largest absolute Gasteiger partial charge is 0.393 e. The van der Waals surface area contributed by atoms with E-state index in [0.29, 0.717) is 0 Å². The maximum absolute atomic E-state index is 9.62. The first-order chi connectivity index (χ1) is 9.20. The first-order valence-electron chi connectivity index (χ1n) is 6.81. The highest BCUT2D eigenvalue weighted by Crippen LogP contribution is 2.27. The number of aromatic nitrogens is 4. The molecule has 0 radical (unpaired) electrons. The molecule has 2 aromatic rings. The highest BCUT2D eigenvalue weighted by atomic mass is 16.3. The van der Waals surface area contributed by atoms with Gasteiger partial charge in [0.05, 0.1) is 11.8 Å². The number of aliphatic hydroxyl groups excluding tert-OH is 1. The van der Waals surface area contributed by atoms with Crippen LogP contribution in [0.4, 0.5) is 5.82 Å². The van der Waals surface area contributed by atoms with Crippen LogP contribution in [0.1, 0.15) is 25.5 Å². The van der Waals surface area contributed by atoms with E-state index in [2.05, 4.69) is 26.9 Å². The minimum atomic E-state index is -0.175. The van der Waals surface area contributed by atoms with Crippen LogP contribution in [0.3, 0.4) is 0 Å². The molecule has 0 aliphatic carbocycles. The third-order valence-electron chi connectivity index (χ3n) is 3.74. The van der Waals surface area contributed by atoms with Crippen LogP contribution >= 0.6 is 0 Å². The molecule has 0 aromatic carbocycles. The summed E-state index contributed by atoms with van der Waals surface area (Å²) in [5.74, 6) is 0.944. The Hall–Kier alpha value is -1.69. The molecule has 0 unspecified atom stereocenters. The van der Waals surface area contributed by atoms with Gasteiger partial charge in [-0.2, -0.15) is 5.10 Å². The number of hydrogen-bond donors (Lipinski definition) is 1. The molecule has 19 heavy (non-hydrogen) atoms. The van der Waals surface area contributed by atoms with E-state index in [-0.39, 0.29) is 6.10 Å². The highest BCUT2D eigenvalue weighted by Gasteiger charge is 2.22. The van der Waals surface area contributed by atoms with Gasteiger partial charge in [0.1, 0.15) is 17.4 Å². The van der Waals surface area contributed by atoms with Gasteiger partial charge in [-0.25, -0.2) is 9.97 Å². The molecular formula is C13H19N5O. The molecule has 3 rings (SSSR count). The van der Waals surface area contributed by atoms with Crippen molar-refractivity contribution in [3.63, 3.8) is 0 Å². The lowest BCUT2D eigenvalue weighted by Crippen LogP contribution is -2.36. The SMILES string of the molecule is CCn1nc(C)c2ncnc(N3CCC(O)CC3)c21. The summed E-state index contributed by atoms with van der Waals surface area (Å²) in [5.41, 5.74) is 2.88. The highest BCUT2D eigenvalue weighted by molar-refractivity contribution is 5.87. The van der Waals surface area contributed by atoms with Crippen molar-refractivity contribution < 1.29 is 5.11 Å². The Morgan fingerprint density at radius 3 is 2.74 bits per heavy atom. The van der Waals surface area contributed by atoms with E-state index in [1.807, 2.05) is 11.6 Å². The lowest BCUT2D eigenvalue weighted by Gasteiger charge is -2.30. The molecule has 102 valence electrons. The molecule has 3 heterocycles. The molecule has 0 atom stereocenters. The summed E-state index contributed by atoms with van der Waals surface area (Å²) in [4.78, 5) is 11.0. The predicted octanol–water partition coefficient (Wildman–Crippen LogP) is 1.12. The van der Waals surface area contributed by atoms with E-state index >= 15 is 0 Å². The fourth-order valence-corrected chi connectivity index (χ4v) is 2.69. The smallest absolute Gasteiger partial charge is 0.158 e. The molecule has 2 aromatic heterocycles. The van der Waals surface area contributed by atoms with Gasteiger partial charge in [0, 0.05) is 19.6 Å². The molecule has 0 spiro atoms. The molecule has 1 aliphatic heterocycles. The standard InChI is InChI=1S/C13H19N5O/c1-3-18-12-11(9(2)16-18)14-8-15-13(12)17-6-4-10(19)5-7-17/h8,10,19H,3-7H2,1-2H3. The predicted molar refractivity (Wildman–Crippen MR) is 73.2 cm³/mol. The number of anilines is 1. The van der Waals surface area contributed by atoms with E-state index in [9.17, 15) is 5.11 Å². The van der Waals surface area contributed by atoms with Crippen molar-refractivity contribution >= 4 is 16.9 Å². The van der Waals surface area contributed by atoms with Crippen LogP contribution in [0.25, 0.3) is 11.0 Å². The third kappa shape index (κ3) is 2.06. The minimum absolute atomic E-state index is 0.175. The van der Waals surface area contributed by atoms with Crippen molar-refractivity contribution in [1.29, 1.82) is 0 Å². The Labute approximate surface area is 112 Å². The summed E-state index contributed by atoms with van der Waals surface area (Å²) in [6, 6.07) is 0. The molecule has 1 N–H and O–H groups in total. The Morgan fingerprint density at radius 2 is 2.05 bits per heavy atom. The van der Waals surface area contributed by atoms with Crippen molar-refractivity contribution in [3.05, 3.63) is 12.0 Å².